The van der Waals surface area contributed by atoms with Crippen LogP contribution in [0.15, 0.2) is 48.5 Å². The zero-order chi connectivity index (χ0) is 18.1. The number of hydrogen-bond acceptors (Lipinski definition) is 4. The summed E-state index contributed by atoms with van der Waals surface area (Å²) in [5, 5.41) is 16.1. The van der Waals surface area contributed by atoms with Gasteiger partial charge in [0.05, 0.1) is 12.1 Å². The van der Waals surface area contributed by atoms with E-state index >= 15 is 0 Å². The molecule has 1 heterocycles. The Balaban J connectivity index is 1.69. The third-order valence-corrected chi connectivity index (χ3v) is 5.85. The van der Waals surface area contributed by atoms with Gasteiger partial charge in [-0.15, -0.1) is 0 Å². The van der Waals surface area contributed by atoms with Gasteiger partial charge < -0.3 is 20.5 Å². The van der Waals surface area contributed by atoms with E-state index in [9.17, 15) is 9.90 Å². The summed E-state index contributed by atoms with van der Waals surface area (Å²) in [6.45, 7) is 1.90. The van der Waals surface area contributed by atoms with Crippen molar-refractivity contribution in [3.05, 3.63) is 65.2 Å². The third-order valence-electron chi connectivity index (χ3n) is 5.85. The highest BCUT2D eigenvalue weighted by Crippen LogP contribution is 2.51. The fourth-order valence-corrected chi connectivity index (χ4v) is 4.64. The zero-order valence-corrected chi connectivity index (χ0v) is 14.9. The highest BCUT2D eigenvalue weighted by atomic mass is 16.5. The predicted molar refractivity (Wildman–Crippen MR) is 99.3 cm³/mol. The van der Waals surface area contributed by atoms with Crippen LogP contribution in [0.2, 0.25) is 0 Å². The Labute approximate surface area is 153 Å². The second-order valence-corrected chi connectivity index (χ2v) is 7.15. The third kappa shape index (κ3) is 2.68. The topological polar surface area (TPSA) is 70.6 Å². The van der Waals surface area contributed by atoms with Crippen LogP contribution in [0.3, 0.4) is 0 Å². The number of carbonyl (C=O) groups is 1. The monoisotopic (exact) mass is 352 g/mol. The van der Waals surface area contributed by atoms with Crippen molar-refractivity contribution in [2.45, 2.75) is 30.4 Å². The Hall–Kier alpha value is -2.37. The van der Waals surface area contributed by atoms with Gasteiger partial charge in [-0.05, 0) is 61.3 Å². The Morgan fingerprint density at radius 3 is 2.54 bits per heavy atom. The van der Waals surface area contributed by atoms with Gasteiger partial charge in [0.1, 0.15) is 5.75 Å². The molecule has 5 nitrogen and oxygen atoms in total. The number of carbonyl (C=O) groups excluding carboxylic acids is 1. The van der Waals surface area contributed by atoms with Gasteiger partial charge in [0.25, 0.3) is 5.91 Å². The van der Waals surface area contributed by atoms with Gasteiger partial charge in [-0.2, -0.15) is 0 Å². The highest BCUT2D eigenvalue weighted by Gasteiger charge is 2.53. The summed E-state index contributed by atoms with van der Waals surface area (Å²) in [7, 11) is 1.74. The van der Waals surface area contributed by atoms with Crippen molar-refractivity contribution < 1.29 is 14.6 Å². The van der Waals surface area contributed by atoms with Gasteiger partial charge in [-0.1, -0.05) is 24.3 Å². The molecule has 3 N–H and O–H groups in total. The number of ether oxygens (including phenoxy) is 1. The fraction of sp³-hybridized carbons (Fsp3) is 0.381. The Morgan fingerprint density at radius 2 is 1.85 bits per heavy atom. The Morgan fingerprint density at radius 1 is 1.15 bits per heavy atom. The molecule has 1 aliphatic carbocycles. The molecule has 1 fully saturated rings. The molecular formula is C21H24N2O3. The van der Waals surface area contributed by atoms with E-state index in [2.05, 4.69) is 28.8 Å². The maximum atomic E-state index is 12.8. The van der Waals surface area contributed by atoms with Crippen LogP contribution in [0, 0.1) is 0 Å². The van der Waals surface area contributed by atoms with E-state index in [4.69, 9.17) is 4.74 Å². The van der Waals surface area contributed by atoms with Crippen LogP contribution >= 0.6 is 0 Å². The minimum absolute atomic E-state index is 0.0660. The van der Waals surface area contributed by atoms with Gasteiger partial charge >= 0.3 is 0 Å². The molecule has 2 aromatic carbocycles. The SMILES string of the molecule is CO[C@H]1[C@H](NC(=O)c2ccc(O)cc2)c2ccccc2C12CCNCC2. The minimum Gasteiger partial charge on any atom is -0.508 e. The maximum absolute atomic E-state index is 12.8. The number of aromatic hydroxyl groups is 1. The number of methoxy groups -OCH3 is 1. The van der Waals surface area contributed by atoms with E-state index in [1.54, 1.807) is 19.2 Å². The molecule has 1 saturated heterocycles. The van der Waals surface area contributed by atoms with E-state index in [-0.39, 0.29) is 29.2 Å². The lowest BCUT2D eigenvalue weighted by atomic mass is 9.72. The van der Waals surface area contributed by atoms with Crippen molar-refractivity contribution in [2.24, 2.45) is 0 Å². The van der Waals surface area contributed by atoms with Crippen molar-refractivity contribution in [3.63, 3.8) is 0 Å². The lowest BCUT2D eigenvalue weighted by Crippen LogP contribution is -2.49. The molecule has 0 saturated carbocycles. The van der Waals surface area contributed by atoms with Crippen molar-refractivity contribution in [3.8, 4) is 5.75 Å². The van der Waals surface area contributed by atoms with E-state index in [1.165, 1.54) is 17.7 Å². The van der Waals surface area contributed by atoms with Crippen molar-refractivity contribution in [1.82, 2.24) is 10.6 Å². The first-order valence-electron chi connectivity index (χ1n) is 9.08. The number of nitrogens with one attached hydrogen (secondary N) is 2. The number of phenolic OH excluding ortho intramolecular Hbond substituents is 1. The van der Waals surface area contributed by atoms with Crippen LogP contribution in [0.4, 0.5) is 0 Å². The van der Waals surface area contributed by atoms with Crippen molar-refractivity contribution in [2.75, 3.05) is 20.2 Å². The van der Waals surface area contributed by atoms with Gasteiger partial charge in [-0.3, -0.25) is 4.79 Å². The van der Waals surface area contributed by atoms with Gasteiger partial charge in [-0.25, -0.2) is 0 Å². The van der Waals surface area contributed by atoms with Crippen LogP contribution in [-0.2, 0) is 10.2 Å². The minimum atomic E-state index is -0.185. The summed E-state index contributed by atoms with van der Waals surface area (Å²) in [6.07, 6.45) is 1.89. The molecule has 2 atom stereocenters. The molecular weight excluding hydrogens is 328 g/mol. The number of phenols is 1. The molecule has 0 bridgehead atoms. The number of piperidine rings is 1. The molecule has 2 aliphatic rings. The van der Waals surface area contributed by atoms with Crippen LogP contribution in [0.25, 0.3) is 0 Å². The van der Waals surface area contributed by atoms with Crippen molar-refractivity contribution >= 4 is 5.91 Å². The summed E-state index contributed by atoms with van der Waals surface area (Å²) in [4.78, 5) is 12.8. The predicted octanol–water partition coefficient (Wildman–Crippen LogP) is 2.51. The fourth-order valence-electron chi connectivity index (χ4n) is 4.64. The number of hydrogen-bond donors (Lipinski definition) is 3. The summed E-state index contributed by atoms with van der Waals surface area (Å²) < 4.78 is 5.97. The molecule has 5 heteroatoms. The smallest absolute Gasteiger partial charge is 0.251 e. The van der Waals surface area contributed by atoms with E-state index in [1.807, 2.05) is 6.07 Å². The molecule has 1 amide bonds. The molecule has 2 aromatic rings. The van der Waals surface area contributed by atoms with E-state index in [0.717, 1.165) is 31.5 Å². The van der Waals surface area contributed by atoms with Crippen molar-refractivity contribution in [1.29, 1.82) is 0 Å². The normalized spacial score (nSPS) is 23.6. The summed E-state index contributed by atoms with van der Waals surface area (Å²) >= 11 is 0. The van der Waals surface area contributed by atoms with Crippen LogP contribution in [-0.4, -0.2) is 37.3 Å². The second kappa shape index (κ2) is 6.74. The average Bonchev–Trinajstić information content (AvgIpc) is 2.92. The number of rotatable bonds is 3. The summed E-state index contributed by atoms with van der Waals surface area (Å²) in [5.74, 6) is -0.00553. The lowest BCUT2D eigenvalue weighted by Gasteiger charge is -2.40. The first-order chi connectivity index (χ1) is 12.7. The average molecular weight is 352 g/mol. The highest BCUT2D eigenvalue weighted by molar-refractivity contribution is 5.94. The van der Waals surface area contributed by atoms with Gasteiger partial charge in [0.2, 0.25) is 0 Å². The van der Waals surface area contributed by atoms with Crippen LogP contribution in [0.5, 0.6) is 5.75 Å². The Kier molecular flexibility index (Phi) is 4.42. The van der Waals surface area contributed by atoms with Gasteiger partial charge in [0, 0.05) is 18.1 Å². The molecule has 26 heavy (non-hydrogen) atoms. The quantitative estimate of drug-likeness (QED) is 0.794. The van der Waals surface area contributed by atoms with E-state index in [0.29, 0.717) is 5.56 Å². The Bertz CT molecular complexity index is 797. The molecule has 1 spiro atoms. The molecule has 4 rings (SSSR count). The zero-order valence-electron chi connectivity index (χ0n) is 14.9. The molecule has 0 radical (unpaired) electrons. The molecule has 136 valence electrons. The van der Waals surface area contributed by atoms with Crippen LogP contribution in [0.1, 0.15) is 40.4 Å². The van der Waals surface area contributed by atoms with Gasteiger partial charge in [0.15, 0.2) is 0 Å². The number of fused-ring (bicyclic) bond motifs is 2. The second-order valence-electron chi connectivity index (χ2n) is 7.15. The first kappa shape index (κ1) is 17.1. The van der Waals surface area contributed by atoms with E-state index < -0.39 is 0 Å². The number of amides is 1. The summed E-state index contributed by atoms with van der Waals surface area (Å²) in [6, 6.07) is 14.5. The first-order valence-corrected chi connectivity index (χ1v) is 9.08. The maximum Gasteiger partial charge on any atom is 0.251 e. The number of benzene rings is 2. The lowest BCUT2D eigenvalue weighted by molar-refractivity contribution is 0.00397. The largest absolute Gasteiger partial charge is 0.508 e. The standard InChI is InChI=1S/C21H24N2O3/c1-26-19-18(23-20(25)14-6-8-15(24)9-7-14)16-4-2-3-5-17(16)21(19)10-12-22-13-11-21/h2-9,18-19,22,24H,10-13H2,1H3,(H,23,25)/t18-,19+/m1/s1. The molecule has 0 unspecified atom stereocenters. The molecule has 1 aliphatic heterocycles. The van der Waals surface area contributed by atoms with Crippen LogP contribution < -0.4 is 10.6 Å². The summed E-state index contributed by atoms with van der Waals surface area (Å²) in [5.41, 5.74) is 2.91. The molecule has 0 aromatic heterocycles.